The van der Waals surface area contributed by atoms with E-state index in [0.717, 1.165) is 0 Å². The molecule has 0 unspecified atom stereocenters. The molecule has 1 rings (SSSR count). The second-order valence-electron chi connectivity index (χ2n) is 4.51. The van der Waals surface area contributed by atoms with Crippen molar-refractivity contribution in [3.05, 3.63) is 28.8 Å². The van der Waals surface area contributed by atoms with E-state index < -0.39 is 5.97 Å². The molecule has 0 spiro atoms. The van der Waals surface area contributed by atoms with Gasteiger partial charge in [0.1, 0.15) is 5.56 Å². The summed E-state index contributed by atoms with van der Waals surface area (Å²) in [5.74, 6) is -1.04. The summed E-state index contributed by atoms with van der Waals surface area (Å²) in [4.78, 5) is 11.1. The predicted octanol–water partition coefficient (Wildman–Crippen LogP) is 3.27. The Kier molecular flexibility index (Phi) is 4.99. The molecule has 0 saturated heterocycles. The number of nitrogens with one attached hydrogen (secondary N) is 1. The summed E-state index contributed by atoms with van der Waals surface area (Å²) in [5, 5.41) is 12.4. The van der Waals surface area contributed by atoms with E-state index in [2.05, 4.69) is 5.32 Å². The number of carboxylic acid groups (broad SMARTS) is 1. The molecule has 0 aromatic heterocycles. The van der Waals surface area contributed by atoms with Crippen molar-refractivity contribution >= 4 is 23.3 Å². The number of carbonyl (C=O) groups is 1. The molecule has 0 aliphatic carbocycles. The fourth-order valence-corrected chi connectivity index (χ4v) is 1.89. The molecule has 0 atom stereocenters. The first kappa shape index (κ1) is 14.8. The van der Waals surface area contributed by atoms with E-state index in [9.17, 15) is 4.79 Å². The third-order valence-corrected chi connectivity index (χ3v) is 2.78. The lowest BCUT2D eigenvalue weighted by atomic mass is 10.1. The van der Waals surface area contributed by atoms with Gasteiger partial charge in [-0.15, -0.1) is 0 Å². The summed E-state index contributed by atoms with van der Waals surface area (Å²) in [5.41, 5.74) is 0.224. The van der Waals surface area contributed by atoms with Crippen LogP contribution < -0.4 is 5.32 Å². The fourth-order valence-electron chi connectivity index (χ4n) is 1.64. The Labute approximate surface area is 112 Å². The van der Waals surface area contributed by atoms with Crippen LogP contribution in [-0.2, 0) is 4.74 Å². The van der Waals surface area contributed by atoms with Crippen LogP contribution in [0.5, 0.6) is 0 Å². The van der Waals surface area contributed by atoms with Crippen LogP contribution in [0.3, 0.4) is 0 Å². The number of hydrogen-bond donors (Lipinski definition) is 2. The first-order valence-electron chi connectivity index (χ1n) is 5.77. The molecule has 0 saturated carbocycles. The Balaban J connectivity index is 2.85. The molecule has 0 aliphatic heterocycles. The van der Waals surface area contributed by atoms with Gasteiger partial charge in [-0.3, -0.25) is 0 Å². The summed E-state index contributed by atoms with van der Waals surface area (Å²) in [6.45, 7) is 6.91. The van der Waals surface area contributed by atoms with Gasteiger partial charge in [0.05, 0.1) is 16.3 Å². The smallest absolute Gasteiger partial charge is 0.339 e. The fraction of sp³-hybridized carbons (Fsp3) is 0.462. The molecule has 0 fully saturated rings. The summed E-state index contributed by atoms with van der Waals surface area (Å²) in [7, 11) is 0. The maximum atomic E-state index is 11.1. The molecule has 1 aromatic carbocycles. The molecule has 100 valence electrons. The van der Waals surface area contributed by atoms with Gasteiger partial charge in [0, 0.05) is 13.2 Å². The second kappa shape index (κ2) is 6.07. The topological polar surface area (TPSA) is 58.6 Å². The highest BCUT2D eigenvalue weighted by Gasteiger charge is 2.20. The van der Waals surface area contributed by atoms with Gasteiger partial charge in [0.2, 0.25) is 0 Å². The van der Waals surface area contributed by atoms with Crippen molar-refractivity contribution < 1.29 is 14.6 Å². The third kappa shape index (κ3) is 3.89. The second-order valence-corrected chi connectivity index (χ2v) is 4.92. The molecule has 0 heterocycles. The van der Waals surface area contributed by atoms with Gasteiger partial charge in [-0.1, -0.05) is 17.7 Å². The Morgan fingerprint density at radius 3 is 2.72 bits per heavy atom. The lowest BCUT2D eigenvalue weighted by molar-refractivity contribution is 0.000659. The Morgan fingerprint density at radius 1 is 1.50 bits per heavy atom. The van der Waals surface area contributed by atoms with Gasteiger partial charge in [0.15, 0.2) is 0 Å². The monoisotopic (exact) mass is 271 g/mol. The lowest BCUT2D eigenvalue weighted by Gasteiger charge is -2.26. The molecule has 4 nitrogen and oxygen atoms in total. The van der Waals surface area contributed by atoms with Crippen molar-refractivity contribution in [2.45, 2.75) is 26.4 Å². The van der Waals surface area contributed by atoms with Crippen molar-refractivity contribution in [1.29, 1.82) is 0 Å². The predicted molar refractivity (Wildman–Crippen MR) is 72.6 cm³/mol. The van der Waals surface area contributed by atoms with Crippen molar-refractivity contribution in [3.8, 4) is 0 Å². The lowest BCUT2D eigenvalue weighted by Crippen LogP contribution is -2.33. The van der Waals surface area contributed by atoms with E-state index in [1.54, 1.807) is 18.2 Å². The Morgan fingerprint density at radius 2 is 2.17 bits per heavy atom. The summed E-state index contributed by atoms with van der Waals surface area (Å²) < 4.78 is 5.54. The van der Waals surface area contributed by atoms with Crippen LogP contribution in [0.2, 0.25) is 5.02 Å². The SMILES string of the molecule is CCOC(C)(C)CNc1cccc(Cl)c1C(=O)O. The van der Waals surface area contributed by atoms with Crippen molar-refractivity contribution in [2.75, 3.05) is 18.5 Å². The Hall–Kier alpha value is -1.26. The molecular formula is C13H18ClNO3. The number of hydrogen-bond acceptors (Lipinski definition) is 3. The molecule has 0 aliphatic rings. The minimum atomic E-state index is -1.04. The number of aromatic carboxylic acids is 1. The number of benzene rings is 1. The van der Waals surface area contributed by atoms with Crippen LogP contribution in [0, 0.1) is 0 Å². The highest BCUT2D eigenvalue weighted by molar-refractivity contribution is 6.34. The van der Waals surface area contributed by atoms with Crippen molar-refractivity contribution in [1.82, 2.24) is 0 Å². The number of rotatable bonds is 6. The molecule has 2 N–H and O–H groups in total. The number of halogens is 1. The Bertz CT molecular complexity index is 432. The number of carboxylic acids is 1. The molecule has 0 amide bonds. The average molecular weight is 272 g/mol. The zero-order valence-electron chi connectivity index (χ0n) is 10.8. The average Bonchev–Trinajstić information content (AvgIpc) is 2.26. The summed E-state index contributed by atoms with van der Waals surface area (Å²) in [6.07, 6.45) is 0. The summed E-state index contributed by atoms with van der Waals surface area (Å²) >= 11 is 5.88. The van der Waals surface area contributed by atoms with E-state index >= 15 is 0 Å². The first-order chi connectivity index (χ1) is 8.37. The van der Waals surface area contributed by atoms with E-state index in [0.29, 0.717) is 18.8 Å². The van der Waals surface area contributed by atoms with Gasteiger partial charge in [-0.2, -0.15) is 0 Å². The van der Waals surface area contributed by atoms with Crippen LogP contribution in [0.1, 0.15) is 31.1 Å². The maximum Gasteiger partial charge on any atom is 0.339 e. The third-order valence-electron chi connectivity index (χ3n) is 2.47. The minimum absolute atomic E-state index is 0.0893. The van der Waals surface area contributed by atoms with Gasteiger partial charge >= 0.3 is 5.97 Å². The summed E-state index contributed by atoms with van der Waals surface area (Å²) in [6, 6.07) is 4.96. The largest absolute Gasteiger partial charge is 0.478 e. The van der Waals surface area contributed by atoms with Crippen LogP contribution in [0.25, 0.3) is 0 Å². The van der Waals surface area contributed by atoms with Gasteiger partial charge in [-0.05, 0) is 32.9 Å². The van der Waals surface area contributed by atoms with Crippen LogP contribution in [0.4, 0.5) is 5.69 Å². The highest BCUT2D eigenvalue weighted by Crippen LogP contribution is 2.25. The standard InChI is InChI=1S/C13H18ClNO3/c1-4-18-13(2,3)8-15-10-7-5-6-9(14)11(10)12(16)17/h5-7,15H,4,8H2,1-3H3,(H,16,17). The van der Waals surface area contributed by atoms with Gasteiger partial charge < -0.3 is 15.2 Å². The quantitative estimate of drug-likeness (QED) is 0.834. The normalized spacial score (nSPS) is 11.3. The van der Waals surface area contributed by atoms with E-state index in [1.165, 1.54) is 0 Å². The zero-order chi connectivity index (χ0) is 13.8. The van der Waals surface area contributed by atoms with E-state index in [1.807, 2.05) is 20.8 Å². The maximum absolute atomic E-state index is 11.1. The minimum Gasteiger partial charge on any atom is -0.478 e. The number of ether oxygens (including phenoxy) is 1. The van der Waals surface area contributed by atoms with Crippen LogP contribution in [-0.4, -0.2) is 29.8 Å². The zero-order valence-corrected chi connectivity index (χ0v) is 11.5. The highest BCUT2D eigenvalue weighted by atomic mass is 35.5. The van der Waals surface area contributed by atoms with Gasteiger partial charge in [-0.25, -0.2) is 4.79 Å². The molecule has 18 heavy (non-hydrogen) atoms. The van der Waals surface area contributed by atoms with Crippen LogP contribution in [0.15, 0.2) is 18.2 Å². The first-order valence-corrected chi connectivity index (χ1v) is 6.15. The molecule has 0 bridgehead atoms. The molecule has 1 aromatic rings. The molecule has 5 heteroatoms. The number of anilines is 1. The molecular weight excluding hydrogens is 254 g/mol. The van der Waals surface area contributed by atoms with Gasteiger partial charge in [0.25, 0.3) is 0 Å². The van der Waals surface area contributed by atoms with Crippen LogP contribution >= 0.6 is 11.6 Å². The molecule has 0 radical (unpaired) electrons. The van der Waals surface area contributed by atoms with Crippen molar-refractivity contribution in [2.24, 2.45) is 0 Å². The van der Waals surface area contributed by atoms with Crippen molar-refractivity contribution in [3.63, 3.8) is 0 Å². The van der Waals surface area contributed by atoms with E-state index in [4.69, 9.17) is 21.4 Å². The van der Waals surface area contributed by atoms with E-state index in [-0.39, 0.29) is 16.2 Å².